The number of nitrogens with zero attached hydrogens (tertiary/aromatic N) is 2. The van der Waals surface area contributed by atoms with Gasteiger partial charge in [0.2, 0.25) is 12.0 Å². The number of amides is 2. The first-order valence-corrected chi connectivity index (χ1v) is 19.9. The summed E-state index contributed by atoms with van der Waals surface area (Å²) in [6.07, 6.45) is 0.775. The number of aliphatic imine (C=N–C) groups is 1. The van der Waals surface area contributed by atoms with Gasteiger partial charge in [-0.15, -0.1) is 0 Å². The van der Waals surface area contributed by atoms with Gasteiger partial charge in [-0.05, 0) is 50.8 Å². The van der Waals surface area contributed by atoms with E-state index in [-0.39, 0.29) is 51.6 Å². The number of aliphatic carboxylic acids is 1. The number of carbonyl (C=O) groups excluding carboxylic acids is 6. The van der Waals surface area contributed by atoms with Crippen molar-refractivity contribution in [1.29, 1.82) is 0 Å². The van der Waals surface area contributed by atoms with Crippen molar-refractivity contribution in [1.82, 2.24) is 4.90 Å². The molecule has 0 spiro atoms. The van der Waals surface area contributed by atoms with Crippen molar-refractivity contribution in [3.05, 3.63) is 144 Å². The zero-order valence-electron chi connectivity index (χ0n) is 36.1. The van der Waals surface area contributed by atoms with Crippen LogP contribution in [0.1, 0.15) is 76.1 Å². The summed E-state index contributed by atoms with van der Waals surface area (Å²) in [5, 5.41) is 8.51. The Morgan fingerprint density at radius 1 is 0.710 bits per heavy atom. The van der Waals surface area contributed by atoms with Crippen molar-refractivity contribution >= 4 is 42.0 Å². The summed E-state index contributed by atoms with van der Waals surface area (Å²) >= 11 is 0. The third-order valence-corrected chi connectivity index (χ3v) is 8.40. The maximum Gasteiger partial charge on any atom is 0.417 e. The zero-order valence-corrected chi connectivity index (χ0v) is 36.1. The summed E-state index contributed by atoms with van der Waals surface area (Å²) in [4.78, 5) is 83.5. The quantitative estimate of drug-likeness (QED) is 0.0588. The van der Waals surface area contributed by atoms with Crippen LogP contribution in [-0.4, -0.2) is 70.2 Å². The number of benzene rings is 4. The Labute approximate surface area is 362 Å². The van der Waals surface area contributed by atoms with Crippen LogP contribution in [0.15, 0.2) is 126 Å². The molecule has 3 atom stereocenters. The van der Waals surface area contributed by atoms with E-state index >= 15 is 0 Å². The Balaban J connectivity index is 0.000000302. The number of carbonyl (C=O) groups is 6. The lowest BCUT2D eigenvalue weighted by Gasteiger charge is -2.26. The Morgan fingerprint density at radius 3 is 1.52 bits per heavy atom. The van der Waals surface area contributed by atoms with Crippen LogP contribution >= 0.6 is 0 Å². The lowest BCUT2D eigenvalue weighted by molar-refractivity contribution is -0.153. The van der Waals surface area contributed by atoms with Crippen LogP contribution in [-0.2, 0) is 67.5 Å². The summed E-state index contributed by atoms with van der Waals surface area (Å²) in [7, 11) is 0. The zero-order chi connectivity index (χ0) is 45.9. The molecule has 14 heteroatoms. The predicted octanol–water partition coefficient (Wildman–Crippen LogP) is 8.19. The first kappa shape index (κ1) is 51.2. The number of carboxylic acids is 1. The van der Waals surface area contributed by atoms with Crippen molar-refractivity contribution in [3.63, 3.8) is 0 Å². The molecular weight excluding hydrogens is 797 g/mol. The molecule has 0 bridgehead atoms. The third-order valence-electron chi connectivity index (χ3n) is 8.40. The topological polar surface area (TPSA) is 192 Å². The third kappa shape index (κ3) is 21.4. The summed E-state index contributed by atoms with van der Waals surface area (Å²) in [6.45, 7) is 11.0. The molecule has 1 heterocycles. The first-order valence-electron chi connectivity index (χ1n) is 19.9. The molecule has 4 aromatic rings. The molecule has 0 unspecified atom stereocenters. The molecular formula is C48H56N2O12. The van der Waals surface area contributed by atoms with Crippen molar-refractivity contribution in [2.24, 2.45) is 16.8 Å². The molecule has 330 valence electrons. The van der Waals surface area contributed by atoms with Crippen LogP contribution in [0.5, 0.6) is 0 Å². The largest absolute Gasteiger partial charge is 0.481 e. The van der Waals surface area contributed by atoms with Gasteiger partial charge in [-0.25, -0.2) is 24.3 Å². The van der Waals surface area contributed by atoms with Gasteiger partial charge in [0.15, 0.2) is 0 Å². The van der Waals surface area contributed by atoms with E-state index in [1.54, 1.807) is 34.6 Å². The molecule has 2 amide bonds. The van der Waals surface area contributed by atoms with Gasteiger partial charge in [-0.1, -0.05) is 141 Å². The van der Waals surface area contributed by atoms with Gasteiger partial charge in [0.1, 0.15) is 31.5 Å². The lowest BCUT2D eigenvalue weighted by atomic mass is 10.1. The Kier molecular flexibility index (Phi) is 22.9. The Hall–Kier alpha value is -6.92. The number of ether oxygens (including phenoxy) is 4. The summed E-state index contributed by atoms with van der Waals surface area (Å²) in [5.74, 6) is -3.86. The van der Waals surface area contributed by atoms with Gasteiger partial charge in [0.05, 0.1) is 24.8 Å². The molecule has 1 saturated heterocycles. The SMILES string of the molecule is CC(C)(C)OC(=O)N1C(=O)CC[C@@H]1C(=O)OCc1ccccc1.C[C@H](CC(=O)O)C(=O)OCc1ccccc1.C[C@H](CN=C=O)C(=O)OCc1ccccc1.Cc1ccccc1. The fraction of sp³-hybridized carbons (Fsp3) is 0.354. The van der Waals surface area contributed by atoms with E-state index < -0.39 is 53.4 Å². The number of likely N-dealkylation sites (tertiary alicyclic amines) is 1. The maximum atomic E-state index is 12.2. The molecule has 0 radical (unpaired) electrons. The number of esters is 3. The van der Waals surface area contributed by atoms with Crippen molar-refractivity contribution < 1.29 is 57.6 Å². The minimum Gasteiger partial charge on any atom is -0.481 e. The number of hydrogen-bond acceptors (Lipinski definition) is 12. The highest BCUT2D eigenvalue weighted by Gasteiger charge is 2.43. The average molecular weight is 853 g/mol. The van der Waals surface area contributed by atoms with E-state index in [1.165, 1.54) is 11.6 Å². The van der Waals surface area contributed by atoms with E-state index in [2.05, 4.69) is 24.0 Å². The van der Waals surface area contributed by atoms with Crippen LogP contribution in [0, 0.1) is 18.8 Å². The monoisotopic (exact) mass is 852 g/mol. The minimum absolute atomic E-state index is 0.104. The predicted molar refractivity (Wildman–Crippen MR) is 230 cm³/mol. The number of carboxylic acid groups (broad SMARTS) is 1. The molecule has 62 heavy (non-hydrogen) atoms. The molecule has 1 aliphatic rings. The smallest absolute Gasteiger partial charge is 0.417 e. The normalized spacial score (nSPS) is 13.6. The molecule has 0 aromatic heterocycles. The number of aryl methyl sites for hydroxylation is 1. The fourth-order valence-electron chi connectivity index (χ4n) is 5.14. The van der Waals surface area contributed by atoms with Crippen LogP contribution in [0.25, 0.3) is 0 Å². The molecule has 14 nitrogen and oxygen atoms in total. The van der Waals surface area contributed by atoms with Gasteiger partial charge in [0, 0.05) is 6.42 Å². The van der Waals surface area contributed by atoms with Crippen LogP contribution < -0.4 is 0 Å². The summed E-state index contributed by atoms with van der Waals surface area (Å²) in [5.41, 5.74) is 3.25. The second-order valence-electron chi connectivity index (χ2n) is 15.1. The maximum absolute atomic E-state index is 12.2. The second kappa shape index (κ2) is 27.8. The van der Waals surface area contributed by atoms with Gasteiger partial charge in [0.25, 0.3) is 0 Å². The van der Waals surface area contributed by atoms with Crippen molar-refractivity contribution in [2.75, 3.05) is 6.54 Å². The van der Waals surface area contributed by atoms with Crippen LogP contribution in [0.4, 0.5) is 4.79 Å². The summed E-state index contributed by atoms with van der Waals surface area (Å²) in [6, 6.07) is 37.2. The molecule has 0 saturated carbocycles. The minimum atomic E-state index is -0.996. The van der Waals surface area contributed by atoms with E-state index in [1.807, 2.05) is 109 Å². The highest BCUT2D eigenvalue weighted by molar-refractivity contribution is 5.99. The molecule has 1 aliphatic heterocycles. The van der Waals surface area contributed by atoms with Gasteiger partial charge in [-0.3, -0.25) is 19.2 Å². The fourth-order valence-corrected chi connectivity index (χ4v) is 5.14. The van der Waals surface area contributed by atoms with Gasteiger partial charge < -0.3 is 24.1 Å². The molecule has 5 rings (SSSR count). The average Bonchev–Trinajstić information content (AvgIpc) is 3.65. The lowest BCUT2D eigenvalue weighted by Crippen LogP contribution is -2.46. The molecule has 0 aliphatic carbocycles. The highest BCUT2D eigenvalue weighted by atomic mass is 16.6. The van der Waals surface area contributed by atoms with E-state index in [9.17, 15) is 33.6 Å². The standard InChI is InChI=1S/C17H21NO5.C12H13NO3.C12H14O4.C7H8/c1-17(2,3)23-16(21)18-13(9-10-14(18)19)15(20)22-11-12-7-5-4-6-8-12;1-10(7-13-9-14)12(15)16-8-11-5-3-2-4-6-11;1-9(7-11(13)14)12(15)16-8-10-5-3-2-4-6-10;1-7-5-3-2-4-6-7/h4-8,13H,9-11H2,1-3H3;2-6,10H,7-8H2,1H3;2-6,9H,7-8H2,1H3,(H,13,14);2-6H,1H3/t13-;10-;9-;/m111./s1. The second-order valence-corrected chi connectivity index (χ2v) is 15.1. The number of imide groups is 1. The van der Waals surface area contributed by atoms with Gasteiger partial charge >= 0.3 is 30.0 Å². The molecule has 1 N–H and O–H groups in total. The van der Waals surface area contributed by atoms with E-state index in [4.69, 9.17) is 24.1 Å². The Morgan fingerprint density at radius 2 is 1.13 bits per heavy atom. The molecule has 1 fully saturated rings. The van der Waals surface area contributed by atoms with E-state index in [0.717, 1.165) is 21.6 Å². The van der Waals surface area contributed by atoms with Crippen molar-refractivity contribution in [3.8, 4) is 0 Å². The van der Waals surface area contributed by atoms with Crippen molar-refractivity contribution in [2.45, 2.75) is 92.3 Å². The number of isocyanates is 1. The van der Waals surface area contributed by atoms with Crippen LogP contribution in [0.2, 0.25) is 0 Å². The summed E-state index contributed by atoms with van der Waals surface area (Å²) < 4.78 is 20.5. The highest BCUT2D eigenvalue weighted by Crippen LogP contribution is 2.23. The Bertz CT molecular complexity index is 1970. The number of rotatable bonds is 13. The van der Waals surface area contributed by atoms with E-state index in [0.29, 0.717) is 0 Å². The number of hydrogen-bond donors (Lipinski definition) is 1. The first-order chi connectivity index (χ1) is 29.5. The van der Waals surface area contributed by atoms with Crippen LogP contribution in [0.3, 0.4) is 0 Å². The van der Waals surface area contributed by atoms with Gasteiger partial charge in [-0.2, -0.15) is 0 Å². The molecule has 4 aromatic carbocycles.